The molecule has 0 radical (unpaired) electrons. The first-order valence-corrected chi connectivity index (χ1v) is 9.28. The zero-order valence-electron chi connectivity index (χ0n) is 15.0. The molecule has 2 saturated heterocycles. The van der Waals surface area contributed by atoms with Crippen molar-refractivity contribution in [3.63, 3.8) is 0 Å². The fraction of sp³-hybridized carbons (Fsp3) is 0.579. The number of hydrogen-bond donors (Lipinski definition) is 2. The van der Waals surface area contributed by atoms with Crippen molar-refractivity contribution in [1.82, 2.24) is 15.1 Å². The van der Waals surface area contributed by atoms with Crippen LogP contribution < -0.4 is 10.1 Å². The Morgan fingerprint density at radius 2 is 1.73 bits per heavy atom. The van der Waals surface area contributed by atoms with E-state index in [0.717, 1.165) is 44.8 Å². The predicted molar refractivity (Wildman–Crippen MR) is 97.3 cm³/mol. The van der Waals surface area contributed by atoms with E-state index in [9.17, 15) is 9.59 Å². The molecule has 2 aliphatic heterocycles. The van der Waals surface area contributed by atoms with Crippen molar-refractivity contribution in [2.75, 3.05) is 45.9 Å². The lowest BCUT2D eigenvalue weighted by Gasteiger charge is -2.40. The molecular formula is C19H27N3O4. The minimum Gasteiger partial charge on any atom is -0.482 e. The van der Waals surface area contributed by atoms with Gasteiger partial charge in [-0.3, -0.25) is 9.69 Å². The third kappa shape index (κ3) is 5.19. The number of carboxylic acids is 1. The van der Waals surface area contributed by atoms with Gasteiger partial charge in [-0.15, -0.1) is 0 Å². The minimum atomic E-state index is -1.01. The van der Waals surface area contributed by atoms with Gasteiger partial charge in [0.1, 0.15) is 5.75 Å². The normalized spacial score (nSPS) is 19.3. The first-order chi connectivity index (χ1) is 12.6. The van der Waals surface area contributed by atoms with E-state index < -0.39 is 5.97 Å². The van der Waals surface area contributed by atoms with Gasteiger partial charge in [0.15, 0.2) is 6.61 Å². The number of ether oxygens (including phenoxy) is 1. The number of nitrogens with one attached hydrogen (secondary N) is 1. The van der Waals surface area contributed by atoms with Crippen LogP contribution in [0.15, 0.2) is 24.3 Å². The number of carbonyl (C=O) groups excluding carboxylic acids is 1. The van der Waals surface area contributed by atoms with Gasteiger partial charge < -0.3 is 20.1 Å². The van der Waals surface area contributed by atoms with E-state index in [0.29, 0.717) is 18.2 Å². The number of nitrogens with zero attached hydrogens (tertiary/aromatic N) is 2. The van der Waals surface area contributed by atoms with E-state index in [2.05, 4.69) is 10.2 Å². The Kier molecular flexibility index (Phi) is 6.46. The fourth-order valence-electron chi connectivity index (χ4n) is 3.64. The van der Waals surface area contributed by atoms with Gasteiger partial charge >= 0.3 is 5.97 Å². The van der Waals surface area contributed by atoms with Crippen LogP contribution in [0.2, 0.25) is 0 Å². The average molecular weight is 361 g/mol. The first-order valence-electron chi connectivity index (χ1n) is 9.28. The van der Waals surface area contributed by atoms with Crippen LogP contribution in [0.25, 0.3) is 0 Å². The minimum absolute atomic E-state index is 0.147. The topological polar surface area (TPSA) is 82.1 Å². The number of piperidine rings is 1. The van der Waals surface area contributed by atoms with Gasteiger partial charge in [-0.25, -0.2) is 4.79 Å². The molecule has 2 fully saturated rings. The fourth-order valence-corrected chi connectivity index (χ4v) is 3.64. The number of carboxylic acid groups (broad SMARTS) is 1. The Bertz CT molecular complexity index is 606. The number of aliphatic carboxylic acids is 1. The second kappa shape index (κ2) is 9.00. The SMILES string of the molecule is O=C(O)COc1ccc(CC(=O)N2CCN(C3CCNCC3)CC2)cc1. The summed E-state index contributed by atoms with van der Waals surface area (Å²) in [6, 6.07) is 7.72. The van der Waals surface area contributed by atoms with Crippen molar-refractivity contribution in [2.24, 2.45) is 0 Å². The highest BCUT2D eigenvalue weighted by atomic mass is 16.5. The molecule has 0 saturated carbocycles. The summed E-state index contributed by atoms with van der Waals surface area (Å²) in [5.41, 5.74) is 0.915. The van der Waals surface area contributed by atoms with Crippen LogP contribution >= 0.6 is 0 Å². The second-order valence-corrected chi connectivity index (χ2v) is 6.90. The van der Waals surface area contributed by atoms with E-state index >= 15 is 0 Å². The number of hydrogen-bond acceptors (Lipinski definition) is 5. The molecule has 26 heavy (non-hydrogen) atoms. The van der Waals surface area contributed by atoms with E-state index in [1.807, 2.05) is 17.0 Å². The third-order valence-corrected chi connectivity index (χ3v) is 5.13. The molecule has 142 valence electrons. The molecule has 2 N–H and O–H groups in total. The van der Waals surface area contributed by atoms with E-state index in [-0.39, 0.29) is 12.5 Å². The van der Waals surface area contributed by atoms with Gasteiger partial charge in [0, 0.05) is 32.2 Å². The van der Waals surface area contributed by atoms with E-state index in [1.165, 1.54) is 12.8 Å². The first kappa shape index (κ1) is 18.7. The molecule has 3 rings (SSSR count). The molecule has 0 aromatic heterocycles. The van der Waals surface area contributed by atoms with Gasteiger partial charge in [-0.05, 0) is 43.6 Å². The monoisotopic (exact) mass is 361 g/mol. The van der Waals surface area contributed by atoms with Crippen LogP contribution in [-0.4, -0.2) is 78.7 Å². The van der Waals surface area contributed by atoms with E-state index in [4.69, 9.17) is 9.84 Å². The summed E-state index contributed by atoms with van der Waals surface area (Å²) in [6.07, 6.45) is 2.76. The predicted octanol–water partition coefficient (Wildman–Crippen LogP) is 0.589. The molecular weight excluding hydrogens is 334 g/mol. The Balaban J connectivity index is 1.44. The van der Waals surface area contributed by atoms with Crippen molar-refractivity contribution >= 4 is 11.9 Å². The van der Waals surface area contributed by atoms with E-state index in [1.54, 1.807) is 12.1 Å². The number of carbonyl (C=O) groups is 2. The van der Waals surface area contributed by atoms with Crippen LogP contribution in [0, 0.1) is 0 Å². The van der Waals surface area contributed by atoms with Crippen LogP contribution in [0.5, 0.6) is 5.75 Å². The molecule has 0 bridgehead atoms. The quantitative estimate of drug-likeness (QED) is 0.772. The lowest BCUT2D eigenvalue weighted by Crippen LogP contribution is -2.54. The molecule has 2 heterocycles. The maximum Gasteiger partial charge on any atom is 0.341 e. The second-order valence-electron chi connectivity index (χ2n) is 6.90. The van der Waals surface area contributed by atoms with Crippen LogP contribution in [0.4, 0.5) is 0 Å². The smallest absolute Gasteiger partial charge is 0.341 e. The van der Waals surface area contributed by atoms with Crippen LogP contribution in [0.1, 0.15) is 18.4 Å². The van der Waals surface area contributed by atoms with Crippen molar-refractivity contribution in [2.45, 2.75) is 25.3 Å². The number of rotatable bonds is 6. The number of amides is 1. The Morgan fingerprint density at radius 1 is 1.08 bits per heavy atom. The Morgan fingerprint density at radius 3 is 2.35 bits per heavy atom. The largest absolute Gasteiger partial charge is 0.482 e. The molecule has 1 amide bonds. The lowest BCUT2D eigenvalue weighted by molar-refractivity contribution is -0.139. The molecule has 7 heteroatoms. The highest BCUT2D eigenvalue weighted by Crippen LogP contribution is 2.16. The average Bonchev–Trinajstić information content (AvgIpc) is 2.68. The zero-order valence-corrected chi connectivity index (χ0v) is 15.0. The molecule has 2 aliphatic rings. The van der Waals surface area contributed by atoms with Gasteiger partial charge in [0.25, 0.3) is 0 Å². The molecule has 0 unspecified atom stereocenters. The highest BCUT2D eigenvalue weighted by Gasteiger charge is 2.26. The van der Waals surface area contributed by atoms with Gasteiger partial charge in [-0.2, -0.15) is 0 Å². The van der Waals surface area contributed by atoms with Crippen molar-refractivity contribution < 1.29 is 19.4 Å². The molecule has 1 aromatic rings. The van der Waals surface area contributed by atoms with Crippen molar-refractivity contribution in [3.05, 3.63) is 29.8 Å². The maximum absolute atomic E-state index is 12.5. The molecule has 1 aromatic carbocycles. The maximum atomic E-state index is 12.5. The van der Waals surface area contributed by atoms with Crippen LogP contribution in [-0.2, 0) is 16.0 Å². The third-order valence-electron chi connectivity index (χ3n) is 5.13. The summed E-state index contributed by atoms with van der Waals surface area (Å²) in [5, 5.41) is 12.0. The summed E-state index contributed by atoms with van der Waals surface area (Å²) in [7, 11) is 0. The number of benzene rings is 1. The Hall–Kier alpha value is -2.12. The number of piperazine rings is 1. The summed E-state index contributed by atoms with van der Waals surface area (Å²) >= 11 is 0. The molecule has 0 atom stereocenters. The summed E-state index contributed by atoms with van der Waals surface area (Å²) < 4.78 is 5.11. The standard InChI is InChI=1S/C19H27N3O4/c23-18(13-15-1-3-17(4-2-15)26-14-19(24)25)22-11-9-21(10-12-22)16-5-7-20-8-6-16/h1-4,16,20H,5-14H2,(H,24,25). The van der Waals surface area contributed by atoms with Gasteiger partial charge in [0.05, 0.1) is 6.42 Å². The molecule has 0 spiro atoms. The van der Waals surface area contributed by atoms with Gasteiger partial charge in [0.2, 0.25) is 5.91 Å². The Labute approximate surface area is 153 Å². The summed E-state index contributed by atoms with van der Waals surface area (Å²) in [4.78, 5) is 27.5. The van der Waals surface area contributed by atoms with Crippen LogP contribution in [0.3, 0.4) is 0 Å². The van der Waals surface area contributed by atoms with Crippen molar-refractivity contribution in [3.8, 4) is 5.75 Å². The lowest BCUT2D eigenvalue weighted by atomic mass is 10.0. The van der Waals surface area contributed by atoms with Gasteiger partial charge in [-0.1, -0.05) is 12.1 Å². The van der Waals surface area contributed by atoms with Crippen molar-refractivity contribution in [1.29, 1.82) is 0 Å². The highest BCUT2D eigenvalue weighted by molar-refractivity contribution is 5.79. The summed E-state index contributed by atoms with van der Waals surface area (Å²) in [6.45, 7) is 5.33. The molecule has 0 aliphatic carbocycles. The molecule has 7 nitrogen and oxygen atoms in total. The zero-order chi connectivity index (χ0) is 18.4. The summed E-state index contributed by atoms with van der Waals surface area (Å²) in [5.74, 6) is -0.360.